The molecule has 106 valence electrons. The van der Waals surface area contributed by atoms with Gasteiger partial charge in [-0.2, -0.15) is 5.10 Å². The lowest BCUT2D eigenvalue weighted by Gasteiger charge is -2.09. The summed E-state index contributed by atoms with van der Waals surface area (Å²) < 4.78 is 0. The molecule has 1 heterocycles. The Morgan fingerprint density at radius 2 is 1.67 bits per heavy atom. The highest BCUT2D eigenvalue weighted by Gasteiger charge is 2.05. The van der Waals surface area contributed by atoms with Gasteiger partial charge in [-0.3, -0.25) is 0 Å². The van der Waals surface area contributed by atoms with Gasteiger partial charge in [0.1, 0.15) is 5.75 Å². The topological polar surface area (TPSA) is 58.0 Å². The van der Waals surface area contributed by atoms with E-state index in [-0.39, 0.29) is 0 Å². The van der Waals surface area contributed by atoms with Gasteiger partial charge in [-0.05, 0) is 31.0 Å². The van der Waals surface area contributed by atoms with Gasteiger partial charge >= 0.3 is 0 Å². The van der Waals surface area contributed by atoms with Crippen LogP contribution in [0.1, 0.15) is 11.3 Å². The van der Waals surface area contributed by atoms with Crippen LogP contribution in [0.4, 0.5) is 5.82 Å². The van der Waals surface area contributed by atoms with E-state index in [0.717, 1.165) is 35.2 Å². The Morgan fingerprint density at radius 3 is 2.43 bits per heavy atom. The zero-order valence-corrected chi connectivity index (χ0v) is 11.9. The zero-order chi connectivity index (χ0) is 14.7. The molecule has 0 bridgehead atoms. The fourth-order valence-corrected chi connectivity index (χ4v) is 2.36. The van der Waals surface area contributed by atoms with Crippen molar-refractivity contribution in [3.05, 3.63) is 59.8 Å². The molecule has 2 N–H and O–H groups in total. The van der Waals surface area contributed by atoms with E-state index in [4.69, 9.17) is 0 Å². The molecule has 0 spiro atoms. The highest BCUT2D eigenvalue weighted by Crippen LogP contribution is 2.22. The van der Waals surface area contributed by atoms with Gasteiger partial charge in [0.2, 0.25) is 0 Å². The first-order valence-electron chi connectivity index (χ1n) is 6.98. The van der Waals surface area contributed by atoms with Crippen LogP contribution >= 0.6 is 0 Å². The number of nitrogens with zero attached hydrogens (tertiary/aromatic N) is 2. The number of fused-ring (bicyclic) bond motifs is 1. The lowest BCUT2D eigenvalue weighted by Crippen LogP contribution is -2.08. The summed E-state index contributed by atoms with van der Waals surface area (Å²) in [5, 5.41) is 23.3. The number of hydrogen-bond acceptors (Lipinski definition) is 4. The minimum absolute atomic E-state index is 0.294. The fourth-order valence-electron chi connectivity index (χ4n) is 2.36. The Morgan fingerprint density at radius 1 is 0.952 bits per heavy atom. The number of anilines is 1. The molecule has 0 fully saturated rings. The van der Waals surface area contributed by atoms with Crippen molar-refractivity contribution in [1.82, 2.24) is 10.2 Å². The third kappa shape index (κ3) is 2.94. The second-order valence-corrected chi connectivity index (χ2v) is 5.02. The first-order chi connectivity index (χ1) is 10.2. The summed E-state index contributed by atoms with van der Waals surface area (Å²) in [6.07, 6.45) is 0.865. The van der Waals surface area contributed by atoms with Gasteiger partial charge < -0.3 is 10.4 Å². The third-order valence-electron chi connectivity index (χ3n) is 3.51. The largest absolute Gasteiger partial charge is 0.508 e. The molecule has 0 radical (unpaired) electrons. The molecule has 2 aromatic carbocycles. The molecule has 4 nitrogen and oxygen atoms in total. The molecule has 0 saturated heterocycles. The summed E-state index contributed by atoms with van der Waals surface area (Å²) in [5.41, 5.74) is 2.11. The van der Waals surface area contributed by atoms with Crippen molar-refractivity contribution < 1.29 is 5.11 Å². The van der Waals surface area contributed by atoms with Crippen molar-refractivity contribution >= 4 is 16.6 Å². The van der Waals surface area contributed by atoms with E-state index in [1.54, 1.807) is 12.1 Å². The van der Waals surface area contributed by atoms with Gasteiger partial charge in [-0.15, -0.1) is 5.10 Å². The van der Waals surface area contributed by atoms with E-state index < -0.39 is 0 Å². The molecule has 0 unspecified atom stereocenters. The zero-order valence-electron chi connectivity index (χ0n) is 11.9. The minimum atomic E-state index is 0.294. The molecule has 0 aliphatic rings. The Labute approximate surface area is 123 Å². The number of aromatic hydroxyl groups is 1. The molecule has 3 aromatic rings. The van der Waals surface area contributed by atoms with Gasteiger partial charge in [0.15, 0.2) is 5.82 Å². The van der Waals surface area contributed by atoms with Crippen molar-refractivity contribution in [2.75, 3.05) is 11.9 Å². The molecule has 0 amide bonds. The molecule has 0 aliphatic carbocycles. The molecule has 4 heteroatoms. The van der Waals surface area contributed by atoms with Crippen LogP contribution in [0.2, 0.25) is 0 Å². The minimum Gasteiger partial charge on any atom is -0.508 e. The normalized spacial score (nSPS) is 10.7. The van der Waals surface area contributed by atoms with Crippen LogP contribution in [-0.4, -0.2) is 21.8 Å². The van der Waals surface area contributed by atoms with Crippen LogP contribution in [0.5, 0.6) is 5.75 Å². The Balaban J connectivity index is 1.74. The van der Waals surface area contributed by atoms with Crippen LogP contribution in [0.15, 0.2) is 48.5 Å². The number of phenols is 1. The molecule has 0 saturated carbocycles. The maximum Gasteiger partial charge on any atom is 0.156 e. The van der Waals surface area contributed by atoms with Crippen LogP contribution in [0, 0.1) is 6.92 Å². The van der Waals surface area contributed by atoms with E-state index in [1.807, 2.05) is 31.2 Å². The number of rotatable bonds is 4. The van der Waals surface area contributed by atoms with E-state index in [2.05, 4.69) is 27.6 Å². The van der Waals surface area contributed by atoms with Crippen molar-refractivity contribution in [3.8, 4) is 5.75 Å². The molecule has 1 aromatic heterocycles. The van der Waals surface area contributed by atoms with Gasteiger partial charge in [0.25, 0.3) is 0 Å². The molecular formula is C17H17N3O. The average molecular weight is 279 g/mol. The first-order valence-corrected chi connectivity index (χ1v) is 6.98. The van der Waals surface area contributed by atoms with Crippen molar-refractivity contribution in [2.45, 2.75) is 13.3 Å². The predicted octanol–water partition coefficient (Wildman–Crippen LogP) is 3.30. The summed E-state index contributed by atoms with van der Waals surface area (Å²) in [7, 11) is 0. The number of hydrogen-bond donors (Lipinski definition) is 2. The summed E-state index contributed by atoms with van der Waals surface area (Å²) in [6.45, 7) is 2.74. The van der Waals surface area contributed by atoms with Crippen LogP contribution in [0.3, 0.4) is 0 Å². The smallest absolute Gasteiger partial charge is 0.156 e. The first kappa shape index (κ1) is 13.4. The van der Waals surface area contributed by atoms with Crippen molar-refractivity contribution in [1.29, 1.82) is 0 Å². The number of aryl methyl sites for hydroxylation is 1. The molecule has 0 atom stereocenters. The summed E-state index contributed by atoms with van der Waals surface area (Å²) >= 11 is 0. The van der Waals surface area contributed by atoms with E-state index in [9.17, 15) is 5.11 Å². The summed E-state index contributed by atoms with van der Waals surface area (Å²) in [5.74, 6) is 1.11. The molecular weight excluding hydrogens is 262 g/mol. The maximum absolute atomic E-state index is 9.27. The van der Waals surface area contributed by atoms with Crippen molar-refractivity contribution in [2.24, 2.45) is 0 Å². The standard InChI is InChI=1S/C17H17N3O/c1-12-15-4-2-3-5-16(15)17(20-19-12)18-11-10-13-6-8-14(21)9-7-13/h2-9,21H,10-11H2,1H3,(H,18,20). The highest BCUT2D eigenvalue weighted by molar-refractivity contribution is 5.92. The van der Waals surface area contributed by atoms with Crippen molar-refractivity contribution in [3.63, 3.8) is 0 Å². The molecule has 0 aliphatic heterocycles. The van der Waals surface area contributed by atoms with Crippen LogP contribution < -0.4 is 5.32 Å². The predicted molar refractivity (Wildman–Crippen MR) is 84.6 cm³/mol. The number of nitrogens with one attached hydrogen (secondary N) is 1. The Hall–Kier alpha value is -2.62. The Bertz CT molecular complexity index is 754. The SMILES string of the molecule is Cc1nnc(NCCc2ccc(O)cc2)c2ccccc12. The summed E-state index contributed by atoms with van der Waals surface area (Å²) in [6, 6.07) is 15.4. The lowest BCUT2D eigenvalue weighted by molar-refractivity contribution is 0.475. The van der Waals surface area contributed by atoms with E-state index >= 15 is 0 Å². The quantitative estimate of drug-likeness (QED) is 0.769. The second kappa shape index (κ2) is 5.79. The lowest BCUT2D eigenvalue weighted by atomic mass is 10.1. The van der Waals surface area contributed by atoms with Gasteiger partial charge in [0.05, 0.1) is 5.69 Å². The molecule has 21 heavy (non-hydrogen) atoms. The summed E-state index contributed by atoms with van der Waals surface area (Å²) in [4.78, 5) is 0. The highest BCUT2D eigenvalue weighted by atomic mass is 16.3. The molecule has 3 rings (SSSR count). The maximum atomic E-state index is 9.27. The number of phenolic OH excluding ortho intramolecular Hbond substituents is 1. The van der Waals surface area contributed by atoms with Gasteiger partial charge in [-0.1, -0.05) is 36.4 Å². The number of benzene rings is 2. The number of aromatic nitrogens is 2. The average Bonchev–Trinajstić information content (AvgIpc) is 2.52. The van der Waals surface area contributed by atoms with E-state index in [0.29, 0.717) is 5.75 Å². The van der Waals surface area contributed by atoms with Crippen LogP contribution in [0.25, 0.3) is 10.8 Å². The Kier molecular flexibility index (Phi) is 3.69. The second-order valence-electron chi connectivity index (χ2n) is 5.02. The van der Waals surface area contributed by atoms with Gasteiger partial charge in [-0.25, -0.2) is 0 Å². The fraction of sp³-hybridized carbons (Fsp3) is 0.176. The monoisotopic (exact) mass is 279 g/mol. The third-order valence-corrected chi connectivity index (χ3v) is 3.51. The van der Waals surface area contributed by atoms with E-state index in [1.165, 1.54) is 5.56 Å². The van der Waals surface area contributed by atoms with Crippen LogP contribution in [-0.2, 0) is 6.42 Å². The van der Waals surface area contributed by atoms with Gasteiger partial charge in [0, 0.05) is 17.3 Å².